The number of para-hydroxylation sites is 2. The summed E-state index contributed by atoms with van der Waals surface area (Å²) < 4.78 is 7.08. The molecule has 4 fully saturated rings. The first-order valence-corrected chi connectivity index (χ1v) is 14.6. The summed E-state index contributed by atoms with van der Waals surface area (Å²) in [6.07, 6.45) is 14.1. The molecule has 3 heterocycles. The van der Waals surface area contributed by atoms with Crippen molar-refractivity contribution in [2.24, 2.45) is 17.0 Å². The lowest BCUT2D eigenvalue weighted by Gasteiger charge is -2.48. The second-order valence-electron chi connectivity index (χ2n) is 11.8. The molecule has 5 atom stereocenters. The number of carbonyl (C=O) groups excluding carboxylic acids is 1. The zero-order valence-electron chi connectivity index (χ0n) is 22.7. The van der Waals surface area contributed by atoms with Gasteiger partial charge in [0, 0.05) is 24.2 Å². The number of hydrogen-bond donors (Lipinski definition) is 0. The van der Waals surface area contributed by atoms with Gasteiger partial charge in [-0.1, -0.05) is 43.0 Å². The number of ether oxygens (including phenoxy) is 1. The van der Waals surface area contributed by atoms with Crippen LogP contribution in [-0.2, 0) is 14.4 Å². The largest absolute Gasteiger partial charge is 0.461 e. The third-order valence-corrected chi connectivity index (χ3v) is 9.57. The van der Waals surface area contributed by atoms with Crippen molar-refractivity contribution in [3.05, 3.63) is 40.3 Å². The van der Waals surface area contributed by atoms with E-state index in [0.717, 1.165) is 30.2 Å². The molecule has 8 nitrogen and oxygen atoms in total. The quantitative estimate of drug-likeness (QED) is 0.308. The number of fused-ring (bicyclic) bond motifs is 5. The van der Waals surface area contributed by atoms with Crippen molar-refractivity contribution in [1.29, 1.82) is 0 Å². The van der Waals surface area contributed by atoms with Gasteiger partial charge in [-0.3, -0.25) is 9.69 Å². The molecule has 2 aliphatic heterocycles. The van der Waals surface area contributed by atoms with E-state index in [1.165, 1.54) is 64.9 Å². The highest BCUT2D eigenvalue weighted by Gasteiger charge is 2.47. The van der Waals surface area contributed by atoms with E-state index in [2.05, 4.69) is 15.0 Å². The minimum absolute atomic E-state index is 0.00451. The van der Waals surface area contributed by atoms with E-state index in [1.54, 1.807) is 6.92 Å². The van der Waals surface area contributed by atoms with Gasteiger partial charge in [-0.05, 0) is 75.8 Å². The third kappa shape index (κ3) is 4.65. The maximum absolute atomic E-state index is 14.0. The van der Waals surface area contributed by atoms with Crippen molar-refractivity contribution in [1.82, 2.24) is 14.5 Å². The van der Waals surface area contributed by atoms with Gasteiger partial charge in [0.15, 0.2) is 5.69 Å². The van der Waals surface area contributed by atoms with Gasteiger partial charge in [0.05, 0.1) is 17.6 Å². The maximum Gasteiger partial charge on any atom is 0.362 e. The predicted octanol–water partition coefficient (Wildman–Crippen LogP) is 4.84. The van der Waals surface area contributed by atoms with Crippen LogP contribution in [0.1, 0.15) is 89.3 Å². The summed E-state index contributed by atoms with van der Waals surface area (Å²) >= 11 is 0. The van der Waals surface area contributed by atoms with Crippen molar-refractivity contribution in [3.8, 4) is 0 Å². The van der Waals surface area contributed by atoms with Gasteiger partial charge in [-0.2, -0.15) is 0 Å². The van der Waals surface area contributed by atoms with Gasteiger partial charge in [0.2, 0.25) is 5.71 Å². The lowest BCUT2D eigenvalue weighted by molar-refractivity contribution is -0.135. The van der Waals surface area contributed by atoms with E-state index in [1.807, 2.05) is 28.8 Å². The number of oxime groups is 1. The summed E-state index contributed by atoms with van der Waals surface area (Å²) in [4.78, 5) is 39.2. The molecule has 0 radical (unpaired) electrons. The molecule has 8 heteroatoms. The Morgan fingerprint density at radius 1 is 0.947 bits per heavy atom. The predicted molar refractivity (Wildman–Crippen MR) is 146 cm³/mol. The number of rotatable bonds is 6. The first-order chi connectivity index (χ1) is 18.6. The van der Waals surface area contributed by atoms with E-state index < -0.39 is 5.97 Å². The highest BCUT2D eigenvalue weighted by atomic mass is 16.6. The van der Waals surface area contributed by atoms with Gasteiger partial charge >= 0.3 is 5.97 Å². The number of carbonyl (C=O) groups is 1. The highest BCUT2D eigenvalue weighted by molar-refractivity contribution is 6.42. The standard InChI is InChI=1S/C30H40N4O4/c1-3-38-30(36)28(32-37-2)27-29(35)34(26-11-7-6-10-25(26)31-27)24-17-21-12-13-22(18-24)33(21)23-15-19-8-4-5-9-20(14-19)16-23/h6-7,10-11,19-24H,3-5,8-9,12-18H2,1-2H3/b32-28-/t19?,20?,21-,22+,23?,24?. The van der Waals surface area contributed by atoms with Crippen LogP contribution in [0.5, 0.6) is 0 Å². The molecule has 6 rings (SSSR count). The monoisotopic (exact) mass is 520 g/mol. The molecule has 0 spiro atoms. The average Bonchev–Trinajstić information content (AvgIpc) is 3.07. The number of nitrogens with zero attached hydrogens (tertiary/aromatic N) is 4. The summed E-state index contributed by atoms with van der Waals surface area (Å²) in [5.41, 5.74) is 0.998. The Kier molecular flexibility index (Phi) is 7.25. The summed E-state index contributed by atoms with van der Waals surface area (Å²) in [6.45, 7) is 1.90. The van der Waals surface area contributed by atoms with E-state index in [-0.39, 0.29) is 29.6 Å². The molecule has 0 amide bonds. The molecular weight excluding hydrogens is 480 g/mol. The van der Waals surface area contributed by atoms with Crippen molar-refractivity contribution < 1.29 is 14.4 Å². The molecule has 1 aromatic carbocycles. The molecule has 4 bridgehead atoms. The molecule has 38 heavy (non-hydrogen) atoms. The van der Waals surface area contributed by atoms with E-state index >= 15 is 0 Å². The second-order valence-corrected chi connectivity index (χ2v) is 11.8. The number of aromatic nitrogens is 2. The van der Waals surface area contributed by atoms with Crippen LogP contribution in [0.4, 0.5) is 0 Å². The molecule has 2 aromatic rings. The van der Waals surface area contributed by atoms with Crippen molar-refractivity contribution in [2.45, 2.75) is 102 Å². The van der Waals surface area contributed by atoms with Crippen LogP contribution in [0.25, 0.3) is 11.0 Å². The Morgan fingerprint density at radius 2 is 1.63 bits per heavy atom. The Balaban J connectivity index is 1.34. The molecule has 2 saturated heterocycles. The van der Waals surface area contributed by atoms with Gasteiger partial charge in [0.25, 0.3) is 5.56 Å². The first-order valence-electron chi connectivity index (χ1n) is 14.6. The fourth-order valence-electron chi connectivity index (χ4n) is 8.24. The lowest BCUT2D eigenvalue weighted by Crippen LogP contribution is -2.52. The minimum Gasteiger partial charge on any atom is -0.461 e. The molecule has 4 aliphatic rings. The van der Waals surface area contributed by atoms with Crippen LogP contribution >= 0.6 is 0 Å². The SMILES string of the molecule is CCOC(=O)/C(=N\OC)c1nc2ccccc2n(C2C[C@H]3CC[C@@H](C2)N3C2CC3CCCCC(C3)C2)c1=O. The van der Waals surface area contributed by atoms with E-state index in [4.69, 9.17) is 9.57 Å². The normalized spacial score (nSPS) is 31.7. The summed E-state index contributed by atoms with van der Waals surface area (Å²) in [5.74, 6) is 1.09. The third-order valence-electron chi connectivity index (χ3n) is 9.57. The van der Waals surface area contributed by atoms with Crippen molar-refractivity contribution >= 4 is 22.7 Å². The molecule has 0 N–H and O–H groups in total. The maximum atomic E-state index is 14.0. The molecule has 3 unspecified atom stereocenters. The Morgan fingerprint density at radius 3 is 2.29 bits per heavy atom. The smallest absolute Gasteiger partial charge is 0.362 e. The lowest BCUT2D eigenvalue weighted by atomic mass is 9.76. The zero-order chi connectivity index (χ0) is 26.2. The number of hydrogen-bond acceptors (Lipinski definition) is 7. The molecule has 1 aromatic heterocycles. The Hall–Kier alpha value is -2.74. The number of esters is 1. The Bertz CT molecular complexity index is 1240. The van der Waals surface area contributed by atoms with Crippen LogP contribution < -0.4 is 5.56 Å². The second kappa shape index (κ2) is 10.8. The van der Waals surface area contributed by atoms with Crippen molar-refractivity contribution in [2.75, 3.05) is 13.7 Å². The number of piperidine rings is 1. The van der Waals surface area contributed by atoms with Crippen LogP contribution in [-0.4, -0.2) is 58.0 Å². The zero-order valence-corrected chi connectivity index (χ0v) is 22.7. The topological polar surface area (TPSA) is 86.0 Å². The van der Waals surface area contributed by atoms with Crippen LogP contribution in [0, 0.1) is 11.8 Å². The Labute approximate surface area is 224 Å². The molecule has 204 valence electrons. The van der Waals surface area contributed by atoms with Gasteiger partial charge in [-0.15, -0.1) is 0 Å². The van der Waals surface area contributed by atoms with Gasteiger partial charge in [-0.25, -0.2) is 9.78 Å². The molecular formula is C30H40N4O4. The van der Waals surface area contributed by atoms with Gasteiger partial charge in [0.1, 0.15) is 7.11 Å². The van der Waals surface area contributed by atoms with Gasteiger partial charge < -0.3 is 14.1 Å². The highest BCUT2D eigenvalue weighted by Crippen LogP contribution is 2.47. The minimum atomic E-state index is -0.700. The fourth-order valence-corrected chi connectivity index (χ4v) is 8.24. The van der Waals surface area contributed by atoms with E-state index in [9.17, 15) is 9.59 Å². The van der Waals surface area contributed by atoms with E-state index in [0.29, 0.717) is 23.6 Å². The molecule has 2 saturated carbocycles. The van der Waals surface area contributed by atoms with Crippen LogP contribution in [0.3, 0.4) is 0 Å². The van der Waals surface area contributed by atoms with Crippen molar-refractivity contribution in [3.63, 3.8) is 0 Å². The summed E-state index contributed by atoms with van der Waals surface area (Å²) in [5, 5.41) is 3.88. The summed E-state index contributed by atoms with van der Waals surface area (Å²) in [6, 6.07) is 9.46. The van der Waals surface area contributed by atoms with Crippen LogP contribution in [0.2, 0.25) is 0 Å². The van der Waals surface area contributed by atoms with Crippen LogP contribution in [0.15, 0.2) is 34.2 Å². The first kappa shape index (κ1) is 25.5. The molecule has 2 aliphatic carbocycles. The fraction of sp³-hybridized carbons (Fsp3) is 0.667. The summed E-state index contributed by atoms with van der Waals surface area (Å²) in [7, 11) is 1.35. The number of benzene rings is 1. The average molecular weight is 521 g/mol.